The molecule has 0 aliphatic carbocycles. The fourth-order valence-electron chi connectivity index (χ4n) is 0.578. The molecule has 0 bridgehead atoms. The minimum absolute atomic E-state index is 0.312. The molecule has 0 aromatic heterocycles. The number of hydrazine groups is 1. The standard InChI is InChI=1S/C7H16N2O2S/c1-3-6(2)12-5-4-7(10)11-9-8/h6,9H,3-5,8H2,1-2H3. The Hall–Kier alpha value is -0.260. The van der Waals surface area contributed by atoms with Crippen LogP contribution in [0.4, 0.5) is 0 Å². The first-order valence-corrected chi connectivity index (χ1v) is 5.02. The van der Waals surface area contributed by atoms with Gasteiger partial charge in [0.05, 0.1) is 6.42 Å². The molecule has 0 aromatic rings. The zero-order chi connectivity index (χ0) is 9.40. The number of nitrogens with one attached hydrogen (secondary N) is 1. The highest BCUT2D eigenvalue weighted by molar-refractivity contribution is 7.99. The van der Waals surface area contributed by atoms with Gasteiger partial charge in [0.2, 0.25) is 0 Å². The van der Waals surface area contributed by atoms with E-state index >= 15 is 0 Å². The molecule has 0 rings (SSSR count). The van der Waals surface area contributed by atoms with Crippen LogP contribution in [0.25, 0.3) is 0 Å². The number of rotatable bonds is 6. The normalized spacial score (nSPS) is 12.6. The maximum absolute atomic E-state index is 10.7. The second-order valence-electron chi connectivity index (χ2n) is 2.43. The largest absolute Gasteiger partial charge is 0.356 e. The fourth-order valence-corrected chi connectivity index (χ4v) is 1.50. The molecule has 0 saturated carbocycles. The van der Waals surface area contributed by atoms with Gasteiger partial charge in [0.1, 0.15) is 0 Å². The minimum Gasteiger partial charge on any atom is -0.356 e. The molecule has 0 fully saturated rings. The molecule has 0 spiro atoms. The van der Waals surface area contributed by atoms with Crippen molar-refractivity contribution in [2.45, 2.75) is 31.9 Å². The van der Waals surface area contributed by atoms with Crippen molar-refractivity contribution in [3.8, 4) is 0 Å². The lowest BCUT2D eigenvalue weighted by atomic mass is 10.4. The lowest BCUT2D eigenvalue weighted by Crippen LogP contribution is -2.26. The first kappa shape index (κ1) is 11.7. The highest BCUT2D eigenvalue weighted by atomic mass is 32.2. The number of hydrogen-bond acceptors (Lipinski definition) is 5. The van der Waals surface area contributed by atoms with Crippen LogP contribution in [-0.4, -0.2) is 17.0 Å². The van der Waals surface area contributed by atoms with Crippen LogP contribution in [-0.2, 0) is 9.63 Å². The average molecular weight is 192 g/mol. The van der Waals surface area contributed by atoms with Crippen LogP contribution in [0.3, 0.4) is 0 Å². The van der Waals surface area contributed by atoms with E-state index in [1.165, 1.54) is 0 Å². The summed E-state index contributed by atoms with van der Waals surface area (Å²) >= 11 is 1.76. The Balaban J connectivity index is 3.24. The van der Waals surface area contributed by atoms with Gasteiger partial charge in [0, 0.05) is 11.0 Å². The molecule has 0 aliphatic rings. The van der Waals surface area contributed by atoms with Crippen LogP contribution in [0.1, 0.15) is 26.7 Å². The predicted molar refractivity (Wildman–Crippen MR) is 50.2 cm³/mol. The lowest BCUT2D eigenvalue weighted by Gasteiger charge is -2.06. The van der Waals surface area contributed by atoms with Crippen LogP contribution in [0.5, 0.6) is 0 Å². The number of carbonyl (C=O) groups is 1. The van der Waals surface area contributed by atoms with Crippen molar-refractivity contribution in [1.29, 1.82) is 0 Å². The van der Waals surface area contributed by atoms with Gasteiger partial charge in [-0.25, -0.2) is 5.84 Å². The molecular formula is C7H16N2O2S. The van der Waals surface area contributed by atoms with Crippen molar-refractivity contribution in [1.82, 2.24) is 5.59 Å². The predicted octanol–water partition coefficient (Wildman–Crippen LogP) is 0.830. The Morgan fingerprint density at radius 2 is 2.42 bits per heavy atom. The van der Waals surface area contributed by atoms with Gasteiger partial charge in [-0.1, -0.05) is 19.4 Å². The first-order valence-electron chi connectivity index (χ1n) is 3.97. The van der Waals surface area contributed by atoms with E-state index in [4.69, 9.17) is 5.84 Å². The Bertz CT molecular complexity index is 133. The summed E-state index contributed by atoms with van der Waals surface area (Å²) in [5, 5.41) is 0.601. The monoisotopic (exact) mass is 192 g/mol. The third kappa shape index (κ3) is 6.45. The van der Waals surface area contributed by atoms with Gasteiger partial charge in [-0.2, -0.15) is 11.8 Å². The molecule has 0 radical (unpaired) electrons. The molecule has 0 aliphatic heterocycles. The number of thioether (sulfide) groups is 1. The Morgan fingerprint density at radius 1 is 1.75 bits per heavy atom. The summed E-state index contributed by atoms with van der Waals surface area (Å²) in [7, 11) is 0. The van der Waals surface area contributed by atoms with Gasteiger partial charge in [0.15, 0.2) is 0 Å². The molecule has 1 atom stereocenters. The van der Waals surface area contributed by atoms with Gasteiger partial charge in [-0.3, -0.25) is 4.79 Å². The molecule has 72 valence electrons. The van der Waals surface area contributed by atoms with E-state index in [0.717, 1.165) is 12.2 Å². The van der Waals surface area contributed by atoms with E-state index in [0.29, 0.717) is 11.7 Å². The minimum atomic E-state index is -0.312. The van der Waals surface area contributed by atoms with Crippen molar-refractivity contribution in [2.24, 2.45) is 5.84 Å². The van der Waals surface area contributed by atoms with E-state index in [2.05, 4.69) is 18.7 Å². The van der Waals surface area contributed by atoms with Gasteiger partial charge >= 0.3 is 5.97 Å². The van der Waals surface area contributed by atoms with E-state index in [1.54, 1.807) is 11.8 Å². The van der Waals surface area contributed by atoms with Gasteiger partial charge in [-0.15, -0.1) is 0 Å². The molecule has 12 heavy (non-hydrogen) atoms. The van der Waals surface area contributed by atoms with Crippen molar-refractivity contribution < 1.29 is 9.63 Å². The van der Waals surface area contributed by atoms with Gasteiger partial charge < -0.3 is 4.84 Å². The molecule has 0 amide bonds. The van der Waals surface area contributed by atoms with E-state index < -0.39 is 0 Å². The quantitative estimate of drug-likeness (QED) is 0.482. The van der Waals surface area contributed by atoms with Crippen LogP contribution in [0.2, 0.25) is 0 Å². The number of hydrogen-bond donors (Lipinski definition) is 2. The first-order chi connectivity index (χ1) is 5.70. The van der Waals surface area contributed by atoms with Crippen LogP contribution < -0.4 is 11.4 Å². The summed E-state index contributed by atoms with van der Waals surface area (Å²) in [5.41, 5.74) is 1.86. The summed E-state index contributed by atoms with van der Waals surface area (Å²) < 4.78 is 0. The third-order valence-corrected chi connectivity index (χ3v) is 2.80. The second kappa shape index (κ2) is 7.39. The Morgan fingerprint density at radius 3 is 2.92 bits per heavy atom. The lowest BCUT2D eigenvalue weighted by molar-refractivity contribution is -0.150. The van der Waals surface area contributed by atoms with E-state index in [-0.39, 0.29) is 5.97 Å². The van der Waals surface area contributed by atoms with E-state index in [1.807, 2.05) is 5.59 Å². The molecule has 4 nitrogen and oxygen atoms in total. The fraction of sp³-hybridized carbons (Fsp3) is 0.857. The third-order valence-electron chi connectivity index (χ3n) is 1.46. The SMILES string of the molecule is CCC(C)SCCC(=O)ONN. The van der Waals surface area contributed by atoms with Crippen molar-refractivity contribution in [3.63, 3.8) is 0 Å². The maximum atomic E-state index is 10.7. The summed E-state index contributed by atoms with van der Waals surface area (Å²) in [4.78, 5) is 15.1. The zero-order valence-corrected chi connectivity index (χ0v) is 8.32. The van der Waals surface area contributed by atoms with Crippen molar-refractivity contribution >= 4 is 17.7 Å². The van der Waals surface area contributed by atoms with Crippen LogP contribution in [0.15, 0.2) is 0 Å². The van der Waals surface area contributed by atoms with Gasteiger partial charge in [-0.05, 0) is 6.42 Å². The maximum Gasteiger partial charge on any atom is 0.327 e. The number of nitrogens with two attached hydrogens (primary N) is 1. The highest BCUT2D eigenvalue weighted by Crippen LogP contribution is 2.14. The van der Waals surface area contributed by atoms with Crippen LogP contribution in [0, 0.1) is 0 Å². The topological polar surface area (TPSA) is 64.3 Å². The summed E-state index contributed by atoms with van der Waals surface area (Å²) in [6, 6.07) is 0. The molecule has 0 saturated heterocycles. The van der Waals surface area contributed by atoms with Crippen molar-refractivity contribution in [2.75, 3.05) is 5.75 Å². The molecule has 3 N–H and O–H groups in total. The summed E-state index contributed by atoms with van der Waals surface area (Å²) in [5.74, 6) is 5.26. The Kier molecular flexibility index (Phi) is 7.23. The highest BCUT2D eigenvalue weighted by Gasteiger charge is 2.04. The van der Waals surface area contributed by atoms with Crippen LogP contribution >= 0.6 is 11.8 Å². The zero-order valence-electron chi connectivity index (χ0n) is 7.50. The molecule has 0 aromatic carbocycles. The molecular weight excluding hydrogens is 176 g/mol. The van der Waals surface area contributed by atoms with E-state index in [9.17, 15) is 4.79 Å². The van der Waals surface area contributed by atoms with Gasteiger partial charge in [0.25, 0.3) is 0 Å². The molecule has 1 unspecified atom stereocenters. The summed E-state index contributed by atoms with van der Waals surface area (Å²) in [6.45, 7) is 4.26. The van der Waals surface area contributed by atoms with Crippen molar-refractivity contribution in [3.05, 3.63) is 0 Å². The number of carbonyl (C=O) groups excluding carboxylic acids is 1. The summed E-state index contributed by atoms with van der Waals surface area (Å²) in [6.07, 6.45) is 1.52. The molecule has 5 heteroatoms. The average Bonchev–Trinajstić information content (AvgIpc) is 2.04. The molecule has 0 heterocycles. The second-order valence-corrected chi connectivity index (χ2v) is 3.98. The smallest absolute Gasteiger partial charge is 0.327 e. The Labute approximate surface area is 77.1 Å².